The Hall–Kier alpha value is -0.810. The normalized spacial score (nSPS) is 30.1. The molecule has 0 radical (unpaired) electrons. The fourth-order valence-corrected chi connectivity index (χ4v) is 2.85. The Balaban J connectivity index is 2.80. The quantitative estimate of drug-likeness (QED) is 0.680. The van der Waals surface area contributed by atoms with E-state index in [2.05, 4.69) is 17.7 Å². The molecule has 0 aromatic carbocycles. The van der Waals surface area contributed by atoms with Gasteiger partial charge in [-0.05, 0) is 32.9 Å². The summed E-state index contributed by atoms with van der Waals surface area (Å²) in [5.74, 6) is 3.55. The molecule has 1 aliphatic carbocycles. The first kappa shape index (κ1) is 13.3. The van der Waals surface area contributed by atoms with Crippen LogP contribution in [-0.4, -0.2) is 30.3 Å². The fraction of sp³-hybridized carbons (Fsp3) is 0.786. The molecular formula is C14H23NO. The minimum Gasteiger partial charge on any atom is -0.298 e. The van der Waals surface area contributed by atoms with E-state index in [4.69, 9.17) is 6.42 Å². The fourth-order valence-electron chi connectivity index (χ4n) is 2.85. The van der Waals surface area contributed by atoms with Gasteiger partial charge in [-0.1, -0.05) is 19.8 Å². The van der Waals surface area contributed by atoms with E-state index in [-0.39, 0.29) is 5.54 Å². The molecule has 0 saturated heterocycles. The molecule has 2 heteroatoms. The summed E-state index contributed by atoms with van der Waals surface area (Å²) < 4.78 is 0. The van der Waals surface area contributed by atoms with Crippen molar-refractivity contribution in [3.63, 3.8) is 0 Å². The van der Waals surface area contributed by atoms with Gasteiger partial charge in [0.15, 0.2) is 5.78 Å². The maximum absolute atomic E-state index is 12.3. The largest absolute Gasteiger partial charge is 0.298 e. The summed E-state index contributed by atoms with van der Waals surface area (Å²) in [7, 11) is 4.04. The van der Waals surface area contributed by atoms with Crippen LogP contribution in [0.3, 0.4) is 0 Å². The van der Waals surface area contributed by atoms with E-state index < -0.39 is 0 Å². The Bertz CT molecular complexity index is 290. The van der Waals surface area contributed by atoms with Crippen molar-refractivity contribution >= 4 is 5.78 Å². The van der Waals surface area contributed by atoms with Crippen molar-refractivity contribution in [2.45, 2.75) is 51.0 Å². The SMILES string of the molecule is C#CCCC(=O)C1(N(C)C)CCCC(C)C1. The van der Waals surface area contributed by atoms with Crippen LogP contribution < -0.4 is 0 Å². The van der Waals surface area contributed by atoms with Crippen molar-refractivity contribution in [1.29, 1.82) is 0 Å². The van der Waals surface area contributed by atoms with Crippen LogP contribution in [-0.2, 0) is 4.79 Å². The van der Waals surface area contributed by atoms with Crippen LogP contribution in [0.4, 0.5) is 0 Å². The van der Waals surface area contributed by atoms with Gasteiger partial charge in [0.25, 0.3) is 0 Å². The molecule has 0 aromatic rings. The highest BCUT2D eigenvalue weighted by Crippen LogP contribution is 2.37. The molecular weight excluding hydrogens is 198 g/mol. The second-order valence-electron chi connectivity index (χ2n) is 5.25. The maximum Gasteiger partial charge on any atom is 0.154 e. The van der Waals surface area contributed by atoms with Gasteiger partial charge >= 0.3 is 0 Å². The number of hydrogen-bond acceptors (Lipinski definition) is 2. The number of Topliss-reactive ketones (excluding diaryl/α,β-unsaturated/α-hetero) is 1. The zero-order valence-corrected chi connectivity index (χ0v) is 10.8. The third-order valence-electron chi connectivity index (χ3n) is 3.84. The van der Waals surface area contributed by atoms with Gasteiger partial charge < -0.3 is 0 Å². The second kappa shape index (κ2) is 5.50. The van der Waals surface area contributed by atoms with Crippen molar-refractivity contribution in [2.24, 2.45) is 5.92 Å². The average molecular weight is 221 g/mol. The summed E-state index contributed by atoms with van der Waals surface area (Å²) in [4.78, 5) is 14.4. The second-order valence-corrected chi connectivity index (χ2v) is 5.25. The Labute approximate surface area is 99.4 Å². The van der Waals surface area contributed by atoms with Crippen molar-refractivity contribution in [3.8, 4) is 12.3 Å². The van der Waals surface area contributed by atoms with Crippen LogP contribution in [0.1, 0.15) is 45.4 Å². The van der Waals surface area contributed by atoms with E-state index in [9.17, 15) is 4.79 Å². The lowest BCUT2D eigenvalue weighted by atomic mass is 9.72. The molecule has 2 unspecified atom stereocenters. The third kappa shape index (κ3) is 2.65. The van der Waals surface area contributed by atoms with E-state index >= 15 is 0 Å². The predicted molar refractivity (Wildman–Crippen MR) is 67.1 cm³/mol. The predicted octanol–water partition coefficient (Wildman–Crippen LogP) is 2.48. The summed E-state index contributed by atoms with van der Waals surface area (Å²) in [6.45, 7) is 2.24. The van der Waals surface area contributed by atoms with Crippen LogP contribution in [0.15, 0.2) is 0 Å². The van der Waals surface area contributed by atoms with Crippen LogP contribution in [0, 0.1) is 18.3 Å². The van der Waals surface area contributed by atoms with Gasteiger partial charge in [-0.25, -0.2) is 0 Å². The molecule has 2 nitrogen and oxygen atoms in total. The summed E-state index contributed by atoms with van der Waals surface area (Å²) in [6.07, 6.45) is 10.7. The standard InChI is InChI=1S/C14H23NO/c1-5-6-9-13(16)14(15(3)4)10-7-8-12(2)11-14/h1,12H,6-11H2,2-4H3. The first-order valence-electron chi connectivity index (χ1n) is 6.17. The van der Waals surface area contributed by atoms with Gasteiger partial charge in [-0.3, -0.25) is 9.69 Å². The molecule has 1 rings (SSSR count). The monoisotopic (exact) mass is 221 g/mol. The molecule has 0 spiro atoms. The molecule has 90 valence electrons. The molecule has 0 aliphatic heterocycles. The van der Waals surface area contributed by atoms with E-state index in [0.717, 1.165) is 19.3 Å². The Morgan fingerprint density at radius 3 is 2.75 bits per heavy atom. The highest BCUT2D eigenvalue weighted by atomic mass is 16.1. The molecule has 16 heavy (non-hydrogen) atoms. The lowest BCUT2D eigenvalue weighted by molar-refractivity contribution is -0.132. The number of hydrogen-bond donors (Lipinski definition) is 0. The molecule has 1 saturated carbocycles. The van der Waals surface area contributed by atoms with Gasteiger partial charge in [-0.2, -0.15) is 0 Å². The number of ketones is 1. The van der Waals surface area contributed by atoms with Crippen LogP contribution in [0.2, 0.25) is 0 Å². The Kier molecular flexibility index (Phi) is 4.56. The number of rotatable bonds is 4. The van der Waals surface area contributed by atoms with Gasteiger partial charge in [0.1, 0.15) is 0 Å². The van der Waals surface area contributed by atoms with Gasteiger partial charge in [0, 0.05) is 12.8 Å². The summed E-state index contributed by atoms with van der Waals surface area (Å²) >= 11 is 0. The van der Waals surface area contributed by atoms with Crippen molar-refractivity contribution in [2.75, 3.05) is 14.1 Å². The molecule has 0 bridgehead atoms. The topological polar surface area (TPSA) is 20.3 Å². The van der Waals surface area contributed by atoms with E-state index in [0.29, 0.717) is 24.5 Å². The number of carbonyl (C=O) groups is 1. The molecule has 2 atom stereocenters. The number of terminal acetylenes is 1. The van der Waals surface area contributed by atoms with Gasteiger partial charge in [0.2, 0.25) is 0 Å². The summed E-state index contributed by atoms with van der Waals surface area (Å²) in [5, 5.41) is 0. The molecule has 0 heterocycles. The van der Waals surface area contributed by atoms with Crippen LogP contribution in [0.25, 0.3) is 0 Å². The van der Waals surface area contributed by atoms with Crippen molar-refractivity contribution in [3.05, 3.63) is 0 Å². The van der Waals surface area contributed by atoms with Crippen molar-refractivity contribution in [1.82, 2.24) is 4.90 Å². The molecule has 0 N–H and O–H groups in total. The Morgan fingerprint density at radius 1 is 1.56 bits per heavy atom. The zero-order valence-electron chi connectivity index (χ0n) is 10.8. The van der Waals surface area contributed by atoms with Gasteiger partial charge in [0.05, 0.1) is 5.54 Å². The molecule has 0 amide bonds. The highest BCUT2D eigenvalue weighted by molar-refractivity contribution is 5.88. The highest BCUT2D eigenvalue weighted by Gasteiger charge is 2.42. The smallest absolute Gasteiger partial charge is 0.154 e. The lowest BCUT2D eigenvalue weighted by Gasteiger charge is -2.43. The van der Waals surface area contributed by atoms with Crippen LogP contribution >= 0.6 is 0 Å². The third-order valence-corrected chi connectivity index (χ3v) is 3.84. The first-order valence-corrected chi connectivity index (χ1v) is 6.17. The van der Waals surface area contributed by atoms with Crippen molar-refractivity contribution < 1.29 is 4.79 Å². The van der Waals surface area contributed by atoms with E-state index in [1.165, 1.54) is 6.42 Å². The number of carbonyl (C=O) groups excluding carboxylic acids is 1. The summed E-state index contributed by atoms with van der Waals surface area (Å²) in [6, 6.07) is 0. The molecule has 1 fully saturated rings. The van der Waals surface area contributed by atoms with Gasteiger partial charge in [-0.15, -0.1) is 12.3 Å². The minimum atomic E-state index is -0.242. The number of nitrogens with zero attached hydrogens (tertiary/aromatic N) is 1. The summed E-state index contributed by atoms with van der Waals surface area (Å²) in [5.41, 5.74) is -0.242. The number of likely N-dealkylation sites (N-methyl/N-ethyl adjacent to an activating group) is 1. The maximum atomic E-state index is 12.3. The van der Waals surface area contributed by atoms with E-state index in [1.807, 2.05) is 14.1 Å². The van der Waals surface area contributed by atoms with E-state index in [1.54, 1.807) is 0 Å². The molecule has 0 aromatic heterocycles. The van der Waals surface area contributed by atoms with Crippen LogP contribution in [0.5, 0.6) is 0 Å². The lowest BCUT2D eigenvalue weighted by Crippen LogP contribution is -2.53. The average Bonchev–Trinajstić information content (AvgIpc) is 2.25. The Morgan fingerprint density at radius 2 is 2.25 bits per heavy atom. The first-order chi connectivity index (χ1) is 7.53. The zero-order chi connectivity index (χ0) is 12.2. The molecule has 1 aliphatic rings. The minimum absolute atomic E-state index is 0.242.